The third kappa shape index (κ3) is 6.38. The van der Waals surface area contributed by atoms with E-state index in [1.807, 2.05) is 62.4 Å². The standard InChI is InChI=1S/C23H24ClNO3S/c1-3-27-21-12-7-18(8-13-21)23-25-22(16(2)28-23)15-29-14-20(26)11-6-17-4-9-19(24)10-5-17/h4-5,7-10,12-13H,3,6,11,14-15H2,1-2H3. The van der Waals surface area contributed by atoms with Crippen molar-refractivity contribution in [2.24, 2.45) is 0 Å². The van der Waals surface area contributed by atoms with E-state index in [0.29, 0.717) is 35.4 Å². The van der Waals surface area contributed by atoms with Gasteiger partial charge in [0, 0.05) is 22.8 Å². The van der Waals surface area contributed by atoms with Gasteiger partial charge in [-0.15, -0.1) is 11.8 Å². The Labute approximate surface area is 180 Å². The molecular formula is C23H24ClNO3S. The molecule has 2 aromatic carbocycles. The molecule has 29 heavy (non-hydrogen) atoms. The van der Waals surface area contributed by atoms with E-state index in [-0.39, 0.29) is 5.78 Å². The predicted molar refractivity (Wildman–Crippen MR) is 119 cm³/mol. The Kier molecular flexibility index (Phi) is 7.78. The molecule has 0 fully saturated rings. The number of aryl methyl sites for hydroxylation is 2. The van der Waals surface area contributed by atoms with Gasteiger partial charge in [0.2, 0.25) is 5.89 Å². The Morgan fingerprint density at radius 1 is 1.14 bits per heavy atom. The first-order valence-corrected chi connectivity index (χ1v) is 11.1. The molecule has 1 aromatic heterocycles. The van der Waals surface area contributed by atoms with E-state index in [9.17, 15) is 4.79 Å². The normalized spacial score (nSPS) is 10.9. The molecule has 0 radical (unpaired) electrons. The lowest BCUT2D eigenvalue weighted by Crippen LogP contribution is -2.03. The van der Waals surface area contributed by atoms with Crippen molar-refractivity contribution in [2.45, 2.75) is 32.4 Å². The van der Waals surface area contributed by atoms with Crippen LogP contribution in [0.4, 0.5) is 0 Å². The van der Waals surface area contributed by atoms with Gasteiger partial charge in [0.15, 0.2) is 0 Å². The first-order chi connectivity index (χ1) is 14.0. The molecule has 0 aliphatic carbocycles. The number of ether oxygens (including phenoxy) is 1. The van der Waals surface area contributed by atoms with E-state index in [2.05, 4.69) is 4.98 Å². The lowest BCUT2D eigenvalue weighted by Gasteiger charge is -2.02. The van der Waals surface area contributed by atoms with E-state index in [0.717, 1.165) is 34.8 Å². The van der Waals surface area contributed by atoms with Crippen LogP contribution >= 0.6 is 23.4 Å². The van der Waals surface area contributed by atoms with Crippen molar-refractivity contribution >= 4 is 29.1 Å². The van der Waals surface area contributed by atoms with Crippen molar-refractivity contribution < 1.29 is 13.9 Å². The second-order valence-corrected chi connectivity index (χ2v) is 8.06. The Hall–Kier alpha value is -2.24. The van der Waals surface area contributed by atoms with E-state index in [4.69, 9.17) is 20.8 Å². The number of carbonyl (C=O) groups excluding carboxylic acids is 1. The maximum atomic E-state index is 12.2. The lowest BCUT2D eigenvalue weighted by atomic mass is 10.1. The summed E-state index contributed by atoms with van der Waals surface area (Å²) >= 11 is 7.46. The van der Waals surface area contributed by atoms with Crippen LogP contribution in [0.3, 0.4) is 0 Å². The second-order valence-electron chi connectivity index (χ2n) is 6.64. The highest BCUT2D eigenvalue weighted by Gasteiger charge is 2.12. The highest BCUT2D eigenvalue weighted by Crippen LogP contribution is 2.26. The highest BCUT2D eigenvalue weighted by atomic mass is 35.5. The van der Waals surface area contributed by atoms with Crippen molar-refractivity contribution in [1.29, 1.82) is 0 Å². The fourth-order valence-corrected chi connectivity index (χ4v) is 3.88. The third-order valence-electron chi connectivity index (χ3n) is 4.41. The Morgan fingerprint density at radius 2 is 1.86 bits per heavy atom. The molecule has 4 nitrogen and oxygen atoms in total. The summed E-state index contributed by atoms with van der Waals surface area (Å²) in [4.78, 5) is 16.8. The molecular weight excluding hydrogens is 406 g/mol. The second kappa shape index (κ2) is 10.5. The van der Waals surface area contributed by atoms with Crippen LogP contribution in [-0.2, 0) is 17.0 Å². The number of nitrogens with zero attached hydrogens (tertiary/aromatic N) is 1. The monoisotopic (exact) mass is 429 g/mol. The van der Waals surface area contributed by atoms with Gasteiger partial charge in [-0.2, -0.15) is 0 Å². The number of hydrogen-bond donors (Lipinski definition) is 0. The Bertz CT molecular complexity index is 936. The summed E-state index contributed by atoms with van der Waals surface area (Å²) in [6.07, 6.45) is 1.27. The average molecular weight is 430 g/mol. The van der Waals surface area contributed by atoms with Gasteiger partial charge in [-0.25, -0.2) is 4.98 Å². The van der Waals surface area contributed by atoms with Gasteiger partial charge in [-0.3, -0.25) is 4.79 Å². The largest absolute Gasteiger partial charge is 0.494 e. The maximum Gasteiger partial charge on any atom is 0.226 e. The van der Waals surface area contributed by atoms with Gasteiger partial charge >= 0.3 is 0 Å². The molecule has 0 spiro atoms. The quantitative estimate of drug-likeness (QED) is 0.387. The van der Waals surface area contributed by atoms with Crippen molar-refractivity contribution in [3.63, 3.8) is 0 Å². The Balaban J connectivity index is 1.48. The van der Waals surface area contributed by atoms with E-state index < -0.39 is 0 Å². The summed E-state index contributed by atoms with van der Waals surface area (Å²) in [6, 6.07) is 15.3. The number of rotatable bonds is 10. The molecule has 3 rings (SSSR count). The predicted octanol–water partition coefficient (Wildman–Crippen LogP) is 6.14. The summed E-state index contributed by atoms with van der Waals surface area (Å²) in [5.41, 5.74) is 2.91. The van der Waals surface area contributed by atoms with E-state index in [1.54, 1.807) is 11.8 Å². The number of carbonyl (C=O) groups is 1. The molecule has 0 bridgehead atoms. The molecule has 0 N–H and O–H groups in total. The minimum absolute atomic E-state index is 0.234. The zero-order valence-electron chi connectivity index (χ0n) is 16.6. The molecule has 6 heteroatoms. The van der Waals surface area contributed by atoms with Crippen LogP contribution in [0.25, 0.3) is 11.5 Å². The fraction of sp³-hybridized carbons (Fsp3) is 0.304. The van der Waals surface area contributed by atoms with Crippen LogP contribution < -0.4 is 4.74 Å². The number of benzene rings is 2. The van der Waals surface area contributed by atoms with Crippen molar-refractivity contribution in [1.82, 2.24) is 4.98 Å². The zero-order chi connectivity index (χ0) is 20.6. The molecule has 0 saturated carbocycles. The van der Waals surface area contributed by atoms with Gasteiger partial charge in [0.1, 0.15) is 17.3 Å². The van der Waals surface area contributed by atoms with Gasteiger partial charge in [-0.1, -0.05) is 23.7 Å². The van der Waals surface area contributed by atoms with Crippen molar-refractivity contribution in [3.05, 3.63) is 70.6 Å². The van der Waals surface area contributed by atoms with Crippen LogP contribution in [0.5, 0.6) is 5.75 Å². The highest BCUT2D eigenvalue weighted by molar-refractivity contribution is 7.99. The van der Waals surface area contributed by atoms with Crippen LogP contribution in [0.15, 0.2) is 52.9 Å². The van der Waals surface area contributed by atoms with Gasteiger partial charge in [-0.05, 0) is 62.2 Å². The first kappa shape index (κ1) is 21.5. The molecule has 0 aliphatic rings. The first-order valence-electron chi connectivity index (χ1n) is 9.58. The topological polar surface area (TPSA) is 52.3 Å². The number of hydrogen-bond acceptors (Lipinski definition) is 5. The molecule has 0 amide bonds. The summed E-state index contributed by atoms with van der Waals surface area (Å²) in [6.45, 7) is 4.50. The number of halogens is 1. The van der Waals surface area contributed by atoms with E-state index in [1.165, 1.54) is 0 Å². The summed E-state index contributed by atoms with van der Waals surface area (Å²) in [5, 5.41) is 0.711. The van der Waals surface area contributed by atoms with Crippen LogP contribution in [0, 0.1) is 6.92 Å². The number of oxazole rings is 1. The van der Waals surface area contributed by atoms with Crippen LogP contribution in [-0.4, -0.2) is 23.1 Å². The molecule has 152 valence electrons. The Morgan fingerprint density at radius 3 is 2.55 bits per heavy atom. The SMILES string of the molecule is CCOc1ccc(-c2nc(CSCC(=O)CCc3ccc(Cl)cc3)c(C)o2)cc1. The molecule has 0 aliphatic heterocycles. The van der Waals surface area contributed by atoms with Gasteiger partial charge in [0.25, 0.3) is 0 Å². The smallest absolute Gasteiger partial charge is 0.226 e. The molecule has 0 unspecified atom stereocenters. The van der Waals surface area contributed by atoms with Crippen molar-refractivity contribution in [2.75, 3.05) is 12.4 Å². The average Bonchev–Trinajstić information content (AvgIpc) is 3.09. The minimum atomic E-state index is 0.234. The zero-order valence-corrected chi connectivity index (χ0v) is 18.2. The number of thioether (sulfide) groups is 1. The third-order valence-corrected chi connectivity index (χ3v) is 5.67. The maximum absolute atomic E-state index is 12.2. The minimum Gasteiger partial charge on any atom is -0.494 e. The van der Waals surface area contributed by atoms with Gasteiger partial charge < -0.3 is 9.15 Å². The summed E-state index contributed by atoms with van der Waals surface area (Å²) in [7, 11) is 0. The summed E-state index contributed by atoms with van der Waals surface area (Å²) in [5.74, 6) is 3.56. The molecule has 1 heterocycles. The van der Waals surface area contributed by atoms with E-state index >= 15 is 0 Å². The van der Waals surface area contributed by atoms with Gasteiger partial charge in [0.05, 0.1) is 18.1 Å². The fourth-order valence-electron chi connectivity index (χ4n) is 2.81. The van der Waals surface area contributed by atoms with Crippen LogP contribution in [0.1, 0.15) is 30.4 Å². The van der Waals surface area contributed by atoms with Crippen molar-refractivity contribution in [3.8, 4) is 17.2 Å². The summed E-state index contributed by atoms with van der Waals surface area (Å²) < 4.78 is 11.3. The number of ketones is 1. The number of Topliss-reactive ketones (excluding diaryl/α,β-unsaturated/α-hetero) is 1. The molecule has 0 saturated heterocycles. The molecule has 0 atom stereocenters. The lowest BCUT2D eigenvalue weighted by molar-refractivity contribution is -0.116. The van der Waals surface area contributed by atoms with Crippen LogP contribution in [0.2, 0.25) is 5.02 Å². The molecule has 3 aromatic rings. The number of aromatic nitrogens is 1.